The fourth-order valence-electron chi connectivity index (χ4n) is 3.87. The first-order valence-electron chi connectivity index (χ1n) is 12.6. The third kappa shape index (κ3) is 7.95. The molecule has 0 aliphatic carbocycles. The topological polar surface area (TPSA) is 96.0 Å². The van der Waals surface area contributed by atoms with Crippen LogP contribution >= 0.6 is 22.6 Å². The maximum absolute atomic E-state index is 13.9. The lowest BCUT2D eigenvalue weighted by atomic mass is 10.1. The van der Waals surface area contributed by atoms with E-state index in [0.717, 1.165) is 19.9 Å². The van der Waals surface area contributed by atoms with Gasteiger partial charge in [-0.25, -0.2) is 8.42 Å². The molecular weight excluding hydrogens is 629 g/mol. The first kappa shape index (κ1) is 30.4. The molecule has 39 heavy (non-hydrogen) atoms. The minimum Gasteiger partial charge on any atom is -0.497 e. The lowest BCUT2D eigenvalue weighted by Gasteiger charge is -2.32. The van der Waals surface area contributed by atoms with Gasteiger partial charge in [0.05, 0.1) is 17.7 Å². The van der Waals surface area contributed by atoms with Gasteiger partial charge in [0.2, 0.25) is 11.8 Å². The van der Waals surface area contributed by atoms with E-state index in [4.69, 9.17) is 4.74 Å². The van der Waals surface area contributed by atoms with Crippen molar-refractivity contribution in [2.75, 3.05) is 18.0 Å². The van der Waals surface area contributed by atoms with Crippen molar-refractivity contribution in [1.82, 2.24) is 10.2 Å². The molecule has 0 heterocycles. The number of anilines is 1. The second-order valence-corrected chi connectivity index (χ2v) is 12.3. The van der Waals surface area contributed by atoms with Crippen LogP contribution in [0.1, 0.15) is 32.8 Å². The van der Waals surface area contributed by atoms with Crippen LogP contribution in [-0.4, -0.2) is 50.9 Å². The van der Waals surface area contributed by atoms with Crippen LogP contribution in [0, 0.1) is 3.57 Å². The standard InChI is InChI=1S/C29H34IN3O5S/c1-5-21(2)31-29(35)22(3)32(19-23-10-9-11-26(18-23)38-4)28(34)20-33(25-16-14-24(30)15-17-25)39(36,37)27-12-7-6-8-13-27/h6-18,21-22H,5,19-20H2,1-4H3,(H,31,35)/t21-,22+/m0/s1. The molecule has 0 aliphatic rings. The Labute approximate surface area is 244 Å². The molecule has 0 saturated carbocycles. The first-order valence-corrected chi connectivity index (χ1v) is 15.1. The van der Waals surface area contributed by atoms with Gasteiger partial charge in [-0.2, -0.15) is 0 Å². The molecule has 0 fully saturated rings. The van der Waals surface area contributed by atoms with E-state index in [1.807, 2.05) is 19.9 Å². The number of hydrogen-bond acceptors (Lipinski definition) is 5. The Balaban J connectivity index is 2.01. The highest BCUT2D eigenvalue weighted by Gasteiger charge is 2.32. The number of carbonyl (C=O) groups excluding carboxylic acids is 2. The second kappa shape index (κ2) is 13.8. The Hall–Kier alpha value is -3.12. The summed E-state index contributed by atoms with van der Waals surface area (Å²) >= 11 is 2.14. The van der Waals surface area contributed by atoms with Crippen LogP contribution in [0.5, 0.6) is 5.75 Å². The summed E-state index contributed by atoms with van der Waals surface area (Å²) in [4.78, 5) is 28.5. The fourth-order valence-corrected chi connectivity index (χ4v) is 5.67. The number of nitrogens with one attached hydrogen (secondary N) is 1. The highest BCUT2D eigenvalue weighted by molar-refractivity contribution is 14.1. The summed E-state index contributed by atoms with van der Waals surface area (Å²) in [6, 6.07) is 21.2. The van der Waals surface area contributed by atoms with Gasteiger partial charge in [0, 0.05) is 16.2 Å². The van der Waals surface area contributed by atoms with Gasteiger partial charge in [-0.3, -0.25) is 13.9 Å². The van der Waals surface area contributed by atoms with Gasteiger partial charge >= 0.3 is 0 Å². The Bertz CT molecular complexity index is 1370. The zero-order valence-electron chi connectivity index (χ0n) is 22.5. The molecule has 3 rings (SSSR count). The highest BCUT2D eigenvalue weighted by Crippen LogP contribution is 2.25. The summed E-state index contributed by atoms with van der Waals surface area (Å²) in [5, 5.41) is 2.93. The Morgan fingerprint density at radius 2 is 1.64 bits per heavy atom. The van der Waals surface area contributed by atoms with E-state index in [9.17, 15) is 18.0 Å². The molecule has 0 radical (unpaired) electrons. The smallest absolute Gasteiger partial charge is 0.264 e. The summed E-state index contributed by atoms with van der Waals surface area (Å²) in [6.07, 6.45) is 0.734. The lowest BCUT2D eigenvalue weighted by Crippen LogP contribution is -2.52. The number of nitrogens with zero attached hydrogens (tertiary/aromatic N) is 2. The molecule has 8 nitrogen and oxygen atoms in total. The third-order valence-corrected chi connectivity index (χ3v) is 8.89. The van der Waals surface area contributed by atoms with Gasteiger partial charge < -0.3 is 15.0 Å². The Morgan fingerprint density at radius 1 is 0.974 bits per heavy atom. The second-order valence-electron chi connectivity index (χ2n) is 9.17. The van der Waals surface area contributed by atoms with Crippen molar-refractivity contribution in [2.45, 2.75) is 50.7 Å². The maximum Gasteiger partial charge on any atom is 0.264 e. The van der Waals surface area contributed by atoms with E-state index in [1.165, 1.54) is 17.0 Å². The zero-order chi connectivity index (χ0) is 28.6. The van der Waals surface area contributed by atoms with E-state index in [-0.39, 0.29) is 23.4 Å². The van der Waals surface area contributed by atoms with Crippen LogP contribution in [-0.2, 0) is 26.2 Å². The number of ether oxygens (including phenoxy) is 1. The number of rotatable bonds is 12. The van der Waals surface area contributed by atoms with Crippen molar-refractivity contribution in [3.8, 4) is 5.75 Å². The van der Waals surface area contributed by atoms with Crippen molar-refractivity contribution < 1.29 is 22.7 Å². The number of methoxy groups -OCH3 is 1. The molecule has 208 valence electrons. The molecular formula is C29H34IN3O5S. The average Bonchev–Trinajstić information content (AvgIpc) is 2.95. The minimum atomic E-state index is -4.09. The Kier molecular flexibility index (Phi) is 10.8. The molecule has 3 aromatic rings. The van der Waals surface area contributed by atoms with Crippen molar-refractivity contribution in [3.63, 3.8) is 0 Å². The fraction of sp³-hybridized carbons (Fsp3) is 0.310. The van der Waals surface area contributed by atoms with Crippen molar-refractivity contribution in [2.24, 2.45) is 0 Å². The summed E-state index contributed by atoms with van der Waals surface area (Å²) in [6.45, 7) is 5.11. The van der Waals surface area contributed by atoms with E-state index >= 15 is 0 Å². The molecule has 10 heteroatoms. The number of hydrogen-bond donors (Lipinski definition) is 1. The normalized spacial score (nSPS) is 12.7. The van der Waals surface area contributed by atoms with Crippen LogP contribution in [0.15, 0.2) is 83.8 Å². The van der Waals surface area contributed by atoms with E-state index in [2.05, 4.69) is 27.9 Å². The van der Waals surface area contributed by atoms with Gasteiger partial charge in [0.15, 0.2) is 0 Å². The van der Waals surface area contributed by atoms with Gasteiger partial charge in [0.1, 0.15) is 18.3 Å². The van der Waals surface area contributed by atoms with Gasteiger partial charge in [-0.1, -0.05) is 37.3 Å². The molecule has 0 saturated heterocycles. The number of amides is 2. The number of halogens is 1. The summed E-state index contributed by atoms with van der Waals surface area (Å²) < 4.78 is 34.9. The molecule has 3 aromatic carbocycles. The highest BCUT2D eigenvalue weighted by atomic mass is 127. The Morgan fingerprint density at radius 3 is 2.26 bits per heavy atom. The maximum atomic E-state index is 13.9. The van der Waals surface area contributed by atoms with E-state index in [1.54, 1.807) is 74.7 Å². The van der Waals surface area contributed by atoms with Gasteiger partial charge in [0.25, 0.3) is 10.0 Å². The summed E-state index contributed by atoms with van der Waals surface area (Å²) in [5.41, 5.74) is 1.10. The molecule has 1 N–H and O–H groups in total. The molecule has 0 bridgehead atoms. The minimum absolute atomic E-state index is 0.0678. The van der Waals surface area contributed by atoms with E-state index in [0.29, 0.717) is 11.4 Å². The molecule has 2 atom stereocenters. The molecule has 0 aromatic heterocycles. The summed E-state index contributed by atoms with van der Waals surface area (Å²) in [5.74, 6) is -0.209. The van der Waals surface area contributed by atoms with Crippen LogP contribution in [0.2, 0.25) is 0 Å². The number of benzene rings is 3. The van der Waals surface area contributed by atoms with Gasteiger partial charge in [-0.15, -0.1) is 0 Å². The predicted octanol–water partition coefficient (Wildman–Crippen LogP) is 4.83. The van der Waals surface area contributed by atoms with Crippen molar-refractivity contribution in [3.05, 3.63) is 88.0 Å². The predicted molar refractivity (Wildman–Crippen MR) is 161 cm³/mol. The van der Waals surface area contributed by atoms with Crippen LogP contribution in [0.4, 0.5) is 5.69 Å². The van der Waals surface area contributed by atoms with Crippen molar-refractivity contribution >= 4 is 50.1 Å². The molecule has 0 spiro atoms. The number of carbonyl (C=O) groups is 2. The molecule has 0 aliphatic heterocycles. The van der Waals surface area contributed by atoms with E-state index < -0.39 is 28.5 Å². The third-order valence-electron chi connectivity index (χ3n) is 6.38. The quantitative estimate of drug-likeness (QED) is 0.281. The summed E-state index contributed by atoms with van der Waals surface area (Å²) in [7, 11) is -2.53. The monoisotopic (exact) mass is 663 g/mol. The molecule has 2 amide bonds. The van der Waals surface area contributed by atoms with Crippen LogP contribution in [0.3, 0.4) is 0 Å². The van der Waals surface area contributed by atoms with Crippen LogP contribution in [0.25, 0.3) is 0 Å². The number of sulfonamides is 1. The molecule has 0 unspecified atom stereocenters. The van der Waals surface area contributed by atoms with Crippen LogP contribution < -0.4 is 14.4 Å². The largest absolute Gasteiger partial charge is 0.497 e. The first-order chi connectivity index (χ1) is 18.6. The lowest BCUT2D eigenvalue weighted by molar-refractivity contribution is -0.139. The van der Waals surface area contributed by atoms with Gasteiger partial charge in [-0.05, 0) is 97.0 Å². The SMILES string of the molecule is CC[C@H](C)NC(=O)[C@@H](C)N(Cc1cccc(OC)c1)C(=O)CN(c1ccc(I)cc1)S(=O)(=O)c1ccccc1. The zero-order valence-corrected chi connectivity index (χ0v) is 25.5. The average molecular weight is 664 g/mol. The van der Waals surface area contributed by atoms with Crippen molar-refractivity contribution in [1.29, 1.82) is 0 Å².